The second-order valence-corrected chi connectivity index (χ2v) is 9.44. The van der Waals surface area contributed by atoms with Crippen molar-refractivity contribution in [1.29, 1.82) is 0 Å². The van der Waals surface area contributed by atoms with Crippen LogP contribution in [0, 0.1) is 5.41 Å². The third-order valence-electron chi connectivity index (χ3n) is 5.63. The lowest BCUT2D eigenvalue weighted by Crippen LogP contribution is -2.36. The molecule has 0 spiro atoms. The van der Waals surface area contributed by atoms with Crippen molar-refractivity contribution in [2.75, 3.05) is 7.11 Å². The summed E-state index contributed by atoms with van der Waals surface area (Å²) in [7, 11) is 1.44. The molecule has 0 aliphatic carbocycles. The number of ether oxygens (including phenoxy) is 2. The Morgan fingerprint density at radius 1 is 1.00 bits per heavy atom. The number of carbonyl (C=O) groups excluding carboxylic acids is 1. The van der Waals surface area contributed by atoms with Crippen LogP contribution >= 0.6 is 0 Å². The van der Waals surface area contributed by atoms with Gasteiger partial charge in [0.15, 0.2) is 0 Å². The second-order valence-electron chi connectivity index (χ2n) is 9.44. The van der Waals surface area contributed by atoms with E-state index in [2.05, 4.69) is 45.3 Å². The summed E-state index contributed by atoms with van der Waals surface area (Å²) in [6, 6.07) is 18.1. The van der Waals surface area contributed by atoms with Crippen molar-refractivity contribution in [3.63, 3.8) is 0 Å². The molecule has 1 atom stereocenters. The quantitative estimate of drug-likeness (QED) is 0.416. The van der Waals surface area contributed by atoms with Crippen molar-refractivity contribution in [3.8, 4) is 5.75 Å². The highest BCUT2D eigenvalue weighted by Crippen LogP contribution is 2.40. The zero-order valence-electron chi connectivity index (χ0n) is 19.0. The number of nitrogens with zero attached hydrogens (tertiary/aromatic N) is 1. The third-order valence-corrected chi connectivity index (χ3v) is 5.63. The van der Waals surface area contributed by atoms with Crippen LogP contribution in [-0.4, -0.2) is 17.6 Å². The molecular weight excluding hydrogens is 374 g/mol. The van der Waals surface area contributed by atoms with E-state index in [4.69, 9.17) is 9.47 Å². The molecule has 0 saturated carbocycles. The number of esters is 1. The Balaban J connectivity index is 2.04. The second kappa shape index (κ2) is 8.55. The van der Waals surface area contributed by atoms with Crippen molar-refractivity contribution in [2.45, 2.75) is 59.6 Å². The molecule has 3 aromatic rings. The first kappa shape index (κ1) is 21.9. The van der Waals surface area contributed by atoms with E-state index in [0.29, 0.717) is 12.3 Å². The Bertz CT molecular complexity index is 1010. The van der Waals surface area contributed by atoms with Gasteiger partial charge in [0.25, 0.3) is 0 Å². The summed E-state index contributed by atoms with van der Waals surface area (Å²) in [4.78, 5) is 12.7. The maximum absolute atomic E-state index is 12.7. The van der Waals surface area contributed by atoms with Crippen molar-refractivity contribution in [1.82, 2.24) is 4.57 Å². The van der Waals surface area contributed by atoms with Gasteiger partial charge in [-0.1, -0.05) is 58.0 Å². The van der Waals surface area contributed by atoms with Crippen LogP contribution in [0.3, 0.4) is 0 Å². The van der Waals surface area contributed by atoms with E-state index in [1.165, 1.54) is 7.11 Å². The summed E-state index contributed by atoms with van der Waals surface area (Å²) in [5.41, 5.74) is 2.63. The SMILES string of the molecule is CCC(C)(CC(C)(C)C)n1c(C(=O)OC)cc2cc(OCc3ccccc3)ccc21. The molecule has 1 aromatic heterocycles. The molecule has 0 bridgehead atoms. The van der Waals surface area contributed by atoms with Gasteiger partial charge in [0.05, 0.1) is 7.11 Å². The van der Waals surface area contributed by atoms with Crippen LogP contribution in [0.25, 0.3) is 10.9 Å². The average molecular weight is 408 g/mol. The van der Waals surface area contributed by atoms with Gasteiger partial charge in [0.1, 0.15) is 18.1 Å². The molecule has 0 N–H and O–H groups in total. The predicted octanol–water partition coefficient (Wildman–Crippen LogP) is 6.57. The zero-order chi connectivity index (χ0) is 21.9. The van der Waals surface area contributed by atoms with Crippen molar-refractivity contribution < 1.29 is 14.3 Å². The van der Waals surface area contributed by atoms with Crippen LogP contribution in [0.4, 0.5) is 0 Å². The zero-order valence-corrected chi connectivity index (χ0v) is 19.0. The number of carbonyl (C=O) groups is 1. The van der Waals surface area contributed by atoms with Crippen LogP contribution in [-0.2, 0) is 16.9 Å². The average Bonchev–Trinajstić information content (AvgIpc) is 3.10. The van der Waals surface area contributed by atoms with Crippen LogP contribution in [0.15, 0.2) is 54.6 Å². The molecule has 2 aromatic carbocycles. The molecule has 0 amide bonds. The highest BCUT2D eigenvalue weighted by molar-refractivity contribution is 5.96. The predicted molar refractivity (Wildman–Crippen MR) is 122 cm³/mol. The summed E-state index contributed by atoms with van der Waals surface area (Å²) >= 11 is 0. The van der Waals surface area contributed by atoms with Gasteiger partial charge in [-0.25, -0.2) is 4.79 Å². The van der Waals surface area contributed by atoms with Gasteiger partial charge < -0.3 is 14.0 Å². The van der Waals surface area contributed by atoms with Crippen molar-refractivity contribution >= 4 is 16.9 Å². The van der Waals surface area contributed by atoms with Gasteiger partial charge in [-0.15, -0.1) is 0 Å². The Kier molecular flexibility index (Phi) is 6.25. The maximum Gasteiger partial charge on any atom is 0.354 e. The highest BCUT2D eigenvalue weighted by atomic mass is 16.5. The Labute approximate surface area is 179 Å². The van der Waals surface area contributed by atoms with Crippen LogP contribution < -0.4 is 4.74 Å². The van der Waals surface area contributed by atoms with E-state index in [0.717, 1.165) is 35.1 Å². The minimum absolute atomic E-state index is 0.119. The Morgan fingerprint density at radius 2 is 1.70 bits per heavy atom. The summed E-state index contributed by atoms with van der Waals surface area (Å²) in [6.45, 7) is 11.6. The molecule has 30 heavy (non-hydrogen) atoms. The van der Waals surface area contributed by atoms with Crippen molar-refractivity contribution in [2.24, 2.45) is 5.41 Å². The summed E-state index contributed by atoms with van der Waals surface area (Å²) in [5, 5.41) is 0.981. The van der Waals surface area contributed by atoms with Crippen molar-refractivity contribution in [3.05, 3.63) is 65.9 Å². The molecule has 0 saturated heterocycles. The minimum Gasteiger partial charge on any atom is -0.489 e. The summed E-state index contributed by atoms with van der Waals surface area (Å²) in [6.07, 6.45) is 1.85. The van der Waals surface area contributed by atoms with Gasteiger partial charge >= 0.3 is 5.97 Å². The van der Waals surface area contributed by atoms with E-state index in [1.807, 2.05) is 48.5 Å². The molecule has 0 aliphatic heterocycles. The lowest BCUT2D eigenvalue weighted by Gasteiger charge is -2.38. The largest absolute Gasteiger partial charge is 0.489 e. The Morgan fingerprint density at radius 3 is 2.30 bits per heavy atom. The normalized spacial score (nSPS) is 13.8. The maximum atomic E-state index is 12.7. The fourth-order valence-corrected chi connectivity index (χ4v) is 4.37. The standard InChI is InChI=1S/C26H33NO3/c1-7-26(5,18-25(2,3)4)27-22-14-13-21(30-17-19-11-9-8-10-12-19)15-20(22)16-23(27)24(28)29-6/h8-16H,7,17-18H2,1-6H3. The Hall–Kier alpha value is -2.75. The molecule has 1 unspecified atom stereocenters. The summed E-state index contributed by atoms with van der Waals surface area (Å²) < 4.78 is 13.3. The number of benzene rings is 2. The number of fused-ring (bicyclic) bond motifs is 1. The molecule has 3 rings (SSSR count). The van der Waals surface area contributed by atoms with Crippen LogP contribution in [0.2, 0.25) is 0 Å². The number of hydrogen-bond donors (Lipinski definition) is 0. The van der Waals surface area contributed by atoms with E-state index in [1.54, 1.807) is 0 Å². The monoisotopic (exact) mass is 407 g/mol. The first-order chi connectivity index (χ1) is 14.2. The first-order valence-electron chi connectivity index (χ1n) is 10.6. The van der Waals surface area contributed by atoms with E-state index in [-0.39, 0.29) is 16.9 Å². The molecule has 4 nitrogen and oxygen atoms in total. The number of hydrogen-bond acceptors (Lipinski definition) is 3. The molecule has 1 heterocycles. The van der Waals surface area contributed by atoms with Gasteiger partial charge in [-0.05, 0) is 55.0 Å². The topological polar surface area (TPSA) is 40.5 Å². The third kappa shape index (κ3) is 4.69. The van der Waals surface area contributed by atoms with Gasteiger partial charge in [0, 0.05) is 16.4 Å². The van der Waals surface area contributed by atoms with Crippen LogP contribution in [0.5, 0.6) is 5.75 Å². The lowest BCUT2D eigenvalue weighted by molar-refractivity contribution is 0.0573. The smallest absolute Gasteiger partial charge is 0.354 e. The fraction of sp³-hybridized carbons (Fsp3) is 0.423. The van der Waals surface area contributed by atoms with Crippen LogP contribution in [0.1, 0.15) is 63.5 Å². The molecule has 0 radical (unpaired) electrons. The van der Waals surface area contributed by atoms with Gasteiger partial charge in [-0.3, -0.25) is 0 Å². The number of methoxy groups -OCH3 is 1. The minimum atomic E-state index is -0.313. The van der Waals surface area contributed by atoms with E-state index in [9.17, 15) is 4.79 Å². The molecule has 4 heteroatoms. The van der Waals surface area contributed by atoms with Gasteiger partial charge in [0.2, 0.25) is 0 Å². The fourth-order valence-electron chi connectivity index (χ4n) is 4.37. The highest BCUT2D eigenvalue weighted by Gasteiger charge is 2.34. The number of rotatable bonds is 7. The lowest BCUT2D eigenvalue weighted by atomic mass is 9.79. The number of aromatic nitrogens is 1. The van der Waals surface area contributed by atoms with E-state index >= 15 is 0 Å². The first-order valence-corrected chi connectivity index (χ1v) is 10.6. The molecular formula is C26H33NO3. The molecule has 0 aliphatic rings. The van der Waals surface area contributed by atoms with Gasteiger partial charge in [-0.2, -0.15) is 0 Å². The molecule has 160 valence electrons. The summed E-state index contributed by atoms with van der Waals surface area (Å²) in [5.74, 6) is 0.473. The molecule has 0 fully saturated rings. The van der Waals surface area contributed by atoms with E-state index < -0.39 is 0 Å².